The lowest BCUT2D eigenvalue weighted by molar-refractivity contribution is -0.133. The van der Waals surface area contributed by atoms with Gasteiger partial charge in [-0.3, -0.25) is 4.79 Å². The average molecular weight is 467 g/mol. The van der Waals surface area contributed by atoms with Crippen LogP contribution in [-0.4, -0.2) is 63.1 Å². The first-order valence-electron chi connectivity index (χ1n) is 9.36. The number of piperazine rings is 1. The molecule has 0 saturated carbocycles. The van der Waals surface area contributed by atoms with Crippen LogP contribution in [0.1, 0.15) is 20.8 Å². The van der Waals surface area contributed by atoms with E-state index in [4.69, 9.17) is 4.74 Å². The van der Waals surface area contributed by atoms with Gasteiger partial charge in [-0.2, -0.15) is 0 Å². The van der Waals surface area contributed by atoms with Crippen LogP contribution < -0.4 is 0 Å². The highest BCUT2D eigenvalue weighted by atomic mass is 79.9. The zero-order chi connectivity index (χ0) is 21.2. The quantitative estimate of drug-likeness (QED) is 0.693. The van der Waals surface area contributed by atoms with E-state index in [-0.39, 0.29) is 24.4 Å². The molecule has 1 aliphatic heterocycles. The van der Waals surface area contributed by atoms with Gasteiger partial charge in [0.05, 0.1) is 6.33 Å². The minimum Gasteiger partial charge on any atom is -0.444 e. The van der Waals surface area contributed by atoms with Crippen LogP contribution in [0.25, 0.3) is 11.3 Å². The van der Waals surface area contributed by atoms with Crippen molar-refractivity contribution < 1.29 is 18.7 Å². The van der Waals surface area contributed by atoms with E-state index in [0.717, 1.165) is 5.56 Å². The number of benzene rings is 1. The largest absolute Gasteiger partial charge is 0.444 e. The summed E-state index contributed by atoms with van der Waals surface area (Å²) in [6.45, 7) is 7.39. The van der Waals surface area contributed by atoms with Gasteiger partial charge in [0, 0.05) is 31.7 Å². The number of nitrogens with zero attached hydrogens (tertiary/aromatic N) is 4. The van der Waals surface area contributed by atoms with Gasteiger partial charge in [0.15, 0.2) is 0 Å². The molecule has 1 aromatic carbocycles. The van der Waals surface area contributed by atoms with E-state index in [0.29, 0.717) is 36.5 Å². The number of halogens is 2. The first kappa shape index (κ1) is 21.3. The molecule has 0 unspecified atom stereocenters. The van der Waals surface area contributed by atoms with Crippen molar-refractivity contribution in [3.8, 4) is 11.3 Å². The summed E-state index contributed by atoms with van der Waals surface area (Å²) < 4.78 is 20.9. The molecular weight excluding hydrogens is 443 g/mol. The standard InChI is InChI=1S/C20H24BrFN4O3/c1-20(2,3)29-19(28)25-10-8-24(9-11-25)16(27)12-26-13-23-17(18(26)21)14-4-6-15(22)7-5-14/h4-7,13H,8-12H2,1-3H3. The van der Waals surface area contributed by atoms with Gasteiger partial charge in [-0.15, -0.1) is 0 Å². The molecule has 0 atom stereocenters. The van der Waals surface area contributed by atoms with Crippen molar-refractivity contribution in [2.45, 2.75) is 32.9 Å². The van der Waals surface area contributed by atoms with E-state index < -0.39 is 5.60 Å². The van der Waals surface area contributed by atoms with Crippen LogP contribution in [0.15, 0.2) is 35.2 Å². The molecule has 29 heavy (non-hydrogen) atoms. The number of carbonyl (C=O) groups is 2. The van der Waals surface area contributed by atoms with Gasteiger partial charge in [0.2, 0.25) is 5.91 Å². The van der Waals surface area contributed by atoms with Crippen LogP contribution >= 0.6 is 15.9 Å². The molecule has 2 heterocycles. The zero-order valence-electron chi connectivity index (χ0n) is 16.7. The van der Waals surface area contributed by atoms with Crippen molar-refractivity contribution in [2.24, 2.45) is 0 Å². The topological polar surface area (TPSA) is 67.7 Å². The molecule has 0 aliphatic carbocycles. The maximum absolute atomic E-state index is 13.1. The van der Waals surface area contributed by atoms with Gasteiger partial charge < -0.3 is 19.1 Å². The average Bonchev–Trinajstić information content (AvgIpc) is 3.01. The van der Waals surface area contributed by atoms with Crippen LogP contribution in [-0.2, 0) is 16.1 Å². The van der Waals surface area contributed by atoms with Crippen LogP contribution in [0, 0.1) is 5.82 Å². The number of imidazole rings is 1. The van der Waals surface area contributed by atoms with Gasteiger partial charge in [0.1, 0.15) is 28.3 Å². The smallest absolute Gasteiger partial charge is 0.410 e. The van der Waals surface area contributed by atoms with Crippen LogP contribution in [0.3, 0.4) is 0 Å². The minimum atomic E-state index is -0.542. The summed E-state index contributed by atoms with van der Waals surface area (Å²) in [6, 6.07) is 6.03. The Balaban J connectivity index is 1.58. The molecule has 1 saturated heterocycles. The van der Waals surface area contributed by atoms with Gasteiger partial charge in [-0.25, -0.2) is 14.2 Å². The van der Waals surface area contributed by atoms with Crippen molar-refractivity contribution in [1.29, 1.82) is 0 Å². The second kappa shape index (κ2) is 8.52. The third-order valence-electron chi connectivity index (χ3n) is 4.48. The van der Waals surface area contributed by atoms with Gasteiger partial charge in [0.25, 0.3) is 0 Å². The molecule has 1 aliphatic rings. The van der Waals surface area contributed by atoms with Crippen LogP contribution in [0.2, 0.25) is 0 Å². The lowest BCUT2D eigenvalue weighted by Crippen LogP contribution is -2.52. The molecule has 156 valence electrons. The molecule has 2 amide bonds. The molecule has 0 N–H and O–H groups in total. The monoisotopic (exact) mass is 466 g/mol. The first-order valence-corrected chi connectivity index (χ1v) is 10.2. The first-order chi connectivity index (χ1) is 13.6. The Labute approximate surface area is 177 Å². The molecule has 9 heteroatoms. The number of ether oxygens (including phenoxy) is 1. The Morgan fingerprint density at radius 2 is 1.69 bits per heavy atom. The van der Waals surface area contributed by atoms with Crippen LogP contribution in [0.5, 0.6) is 0 Å². The van der Waals surface area contributed by atoms with Gasteiger partial charge in [-0.1, -0.05) is 0 Å². The van der Waals surface area contributed by atoms with E-state index in [2.05, 4.69) is 20.9 Å². The normalized spacial score (nSPS) is 14.8. The van der Waals surface area contributed by atoms with E-state index in [1.54, 1.807) is 32.8 Å². The Kier molecular flexibility index (Phi) is 6.26. The second-order valence-electron chi connectivity index (χ2n) is 7.87. The van der Waals surface area contributed by atoms with Crippen LogP contribution in [0.4, 0.5) is 9.18 Å². The molecule has 0 spiro atoms. The van der Waals surface area contributed by atoms with Crippen molar-refractivity contribution >= 4 is 27.9 Å². The van der Waals surface area contributed by atoms with E-state index in [1.165, 1.54) is 12.1 Å². The van der Waals surface area contributed by atoms with Crippen molar-refractivity contribution in [3.05, 3.63) is 41.0 Å². The summed E-state index contributed by atoms with van der Waals surface area (Å²) in [4.78, 5) is 32.5. The molecule has 0 bridgehead atoms. The van der Waals surface area contributed by atoms with Crippen molar-refractivity contribution in [2.75, 3.05) is 26.2 Å². The number of rotatable bonds is 3. The van der Waals surface area contributed by atoms with Gasteiger partial charge in [-0.05, 0) is 61.0 Å². The lowest BCUT2D eigenvalue weighted by Gasteiger charge is -2.35. The lowest BCUT2D eigenvalue weighted by atomic mass is 10.2. The maximum Gasteiger partial charge on any atom is 0.410 e. The summed E-state index contributed by atoms with van der Waals surface area (Å²) in [5, 5.41) is 0. The van der Waals surface area contributed by atoms with E-state index in [1.807, 2.05) is 20.8 Å². The Bertz CT molecular complexity index is 884. The maximum atomic E-state index is 13.1. The molecule has 2 aromatic rings. The predicted molar refractivity (Wildman–Crippen MR) is 110 cm³/mol. The number of hydrogen-bond acceptors (Lipinski definition) is 4. The summed E-state index contributed by atoms with van der Waals surface area (Å²) >= 11 is 3.48. The number of amides is 2. The molecule has 3 rings (SSSR count). The number of carbonyl (C=O) groups excluding carboxylic acids is 2. The second-order valence-corrected chi connectivity index (χ2v) is 8.62. The summed E-state index contributed by atoms with van der Waals surface area (Å²) in [7, 11) is 0. The Morgan fingerprint density at radius 1 is 1.10 bits per heavy atom. The summed E-state index contributed by atoms with van der Waals surface area (Å²) in [5.41, 5.74) is 0.864. The zero-order valence-corrected chi connectivity index (χ0v) is 18.3. The molecular formula is C20H24BrFN4O3. The summed E-state index contributed by atoms with van der Waals surface area (Å²) in [5.74, 6) is -0.373. The highest BCUT2D eigenvalue weighted by Gasteiger charge is 2.28. The fourth-order valence-electron chi connectivity index (χ4n) is 2.99. The van der Waals surface area contributed by atoms with E-state index in [9.17, 15) is 14.0 Å². The molecule has 1 aromatic heterocycles. The number of hydrogen-bond donors (Lipinski definition) is 0. The molecule has 7 nitrogen and oxygen atoms in total. The SMILES string of the molecule is CC(C)(C)OC(=O)N1CCN(C(=O)Cn2cnc(-c3ccc(F)cc3)c2Br)CC1. The third kappa shape index (κ3) is 5.35. The predicted octanol–water partition coefficient (Wildman–Crippen LogP) is 3.53. The van der Waals surface area contributed by atoms with E-state index >= 15 is 0 Å². The fourth-order valence-corrected chi connectivity index (χ4v) is 3.54. The minimum absolute atomic E-state index is 0.0578. The highest BCUT2D eigenvalue weighted by molar-refractivity contribution is 9.10. The van der Waals surface area contributed by atoms with Crippen molar-refractivity contribution in [1.82, 2.24) is 19.4 Å². The molecule has 1 fully saturated rings. The highest BCUT2D eigenvalue weighted by Crippen LogP contribution is 2.27. The number of aromatic nitrogens is 2. The fraction of sp³-hybridized carbons (Fsp3) is 0.450. The Morgan fingerprint density at radius 3 is 2.28 bits per heavy atom. The third-order valence-corrected chi connectivity index (χ3v) is 5.31. The molecule has 0 radical (unpaired) electrons. The Hall–Kier alpha value is -2.42. The van der Waals surface area contributed by atoms with Crippen molar-refractivity contribution in [3.63, 3.8) is 0 Å². The van der Waals surface area contributed by atoms with Gasteiger partial charge >= 0.3 is 6.09 Å². The summed E-state index contributed by atoms with van der Waals surface area (Å²) in [6.07, 6.45) is 1.23.